The topological polar surface area (TPSA) is 29.0 Å². The van der Waals surface area contributed by atoms with Gasteiger partial charge in [0.25, 0.3) is 0 Å². The second-order valence-corrected chi connectivity index (χ2v) is 6.25. The van der Waals surface area contributed by atoms with Gasteiger partial charge in [0.05, 0.1) is 0 Å². The first-order chi connectivity index (χ1) is 8.50. The summed E-state index contributed by atoms with van der Waals surface area (Å²) >= 11 is 6.08. The van der Waals surface area contributed by atoms with Gasteiger partial charge in [-0.25, -0.2) is 9.97 Å². The summed E-state index contributed by atoms with van der Waals surface area (Å²) in [4.78, 5) is 11.2. The summed E-state index contributed by atoms with van der Waals surface area (Å²) in [6, 6.07) is 1.89. The molecule has 0 aliphatic carbocycles. The van der Waals surface area contributed by atoms with Gasteiger partial charge in [-0.15, -0.1) is 0 Å². The van der Waals surface area contributed by atoms with Gasteiger partial charge in [0.2, 0.25) is 0 Å². The zero-order chi connectivity index (χ0) is 13.2. The average molecular weight is 268 g/mol. The number of anilines is 1. The van der Waals surface area contributed by atoms with Crippen LogP contribution in [0.15, 0.2) is 6.07 Å². The third-order valence-electron chi connectivity index (χ3n) is 3.64. The van der Waals surface area contributed by atoms with E-state index in [0.717, 1.165) is 37.6 Å². The number of halogens is 1. The van der Waals surface area contributed by atoms with E-state index in [-0.39, 0.29) is 0 Å². The summed E-state index contributed by atoms with van der Waals surface area (Å²) in [6.45, 7) is 8.92. The molecule has 0 N–H and O–H groups in total. The molecular formula is C14H22ClN3. The molecule has 0 bridgehead atoms. The zero-order valence-electron chi connectivity index (χ0n) is 11.5. The lowest BCUT2D eigenvalue weighted by molar-refractivity contribution is 0.279. The number of hydrogen-bond acceptors (Lipinski definition) is 3. The maximum absolute atomic E-state index is 6.08. The summed E-state index contributed by atoms with van der Waals surface area (Å²) < 4.78 is 0. The molecule has 2 heterocycles. The molecule has 1 aromatic rings. The molecule has 1 fully saturated rings. The van der Waals surface area contributed by atoms with Gasteiger partial charge in [-0.05, 0) is 24.7 Å². The maximum atomic E-state index is 6.08. The van der Waals surface area contributed by atoms with E-state index in [4.69, 9.17) is 11.6 Å². The van der Waals surface area contributed by atoms with Crippen LogP contribution >= 0.6 is 11.6 Å². The Morgan fingerprint density at radius 3 is 2.56 bits per heavy atom. The van der Waals surface area contributed by atoms with Crippen LogP contribution < -0.4 is 4.90 Å². The molecule has 2 rings (SSSR count). The van der Waals surface area contributed by atoms with Crippen molar-refractivity contribution < 1.29 is 0 Å². The van der Waals surface area contributed by atoms with E-state index in [0.29, 0.717) is 10.6 Å². The summed E-state index contributed by atoms with van der Waals surface area (Å²) in [5.74, 6) is 1.86. The van der Waals surface area contributed by atoms with Crippen LogP contribution in [0.25, 0.3) is 0 Å². The first-order valence-corrected chi connectivity index (χ1v) is 7.16. The van der Waals surface area contributed by atoms with Crippen molar-refractivity contribution in [2.24, 2.45) is 5.41 Å². The van der Waals surface area contributed by atoms with Crippen LogP contribution in [-0.2, 0) is 6.42 Å². The normalized spacial score (nSPS) is 19.0. The Labute approximate surface area is 115 Å². The van der Waals surface area contributed by atoms with Gasteiger partial charge >= 0.3 is 0 Å². The summed E-state index contributed by atoms with van der Waals surface area (Å²) in [5, 5.41) is 0.563. The molecule has 18 heavy (non-hydrogen) atoms. The second kappa shape index (κ2) is 5.43. The Kier molecular flexibility index (Phi) is 4.10. The highest BCUT2D eigenvalue weighted by atomic mass is 35.5. The fraction of sp³-hybridized carbons (Fsp3) is 0.714. The average Bonchev–Trinajstić information content (AvgIpc) is 2.28. The second-order valence-electron chi connectivity index (χ2n) is 5.87. The minimum atomic E-state index is 0.458. The number of rotatable bonds is 3. The first kappa shape index (κ1) is 13.6. The molecule has 0 atom stereocenters. The molecule has 0 saturated carbocycles. The van der Waals surface area contributed by atoms with Crippen molar-refractivity contribution in [3.63, 3.8) is 0 Å². The van der Waals surface area contributed by atoms with E-state index in [1.807, 2.05) is 6.07 Å². The minimum Gasteiger partial charge on any atom is -0.356 e. The smallest absolute Gasteiger partial charge is 0.134 e. The summed E-state index contributed by atoms with van der Waals surface area (Å²) in [6.07, 6.45) is 4.36. The molecule has 100 valence electrons. The predicted octanol–water partition coefficient (Wildman–Crippen LogP) is 3.71. The summed E-state index contributed by atoms with van der Waals surface area (Å²) in [5.41, 5.74) is 0.458. The highest BCUT2D eigenvalue weighted by Crippen LogP contribution is 2.32. The van der Waals surface area contributed by atoms with Crippen LogP contribution in [0.5, 0.6) is 0 Å². The molecule has 4 heteroatoms. The van der Waals surface area contributed by atoms with Gasteiger partial charge in [-0.1, -0.05) is 32.4 Å². The van der Waals surface area contributed by atoms with E-state index in [1.165, 1.54) is 12.8 Å². The lowest BCUT2D eigenvalue weighted by Gasteiger charge is -2.37. The van der Waals surface area contributed by atoms with Crippen molar-refractivity contribution in [1.82, 2.24) is 9.97 Å². The molecule has 1 aliphatic heterocycles. The Morgan fingerprint density at radius 1 is 1.28 bits per heavy atom. The van der Waals surface area contributed by atoms with Crippen molar-refractivity contribution >= 4 is 17.4 Å². The van der Waals surface area contributed by atoms with Gasteiger partial charge in [0, 0.05) is 25.6 Å². The SMILES string of the molecule is CCCc1nc(Cl)cc(N2CCC(C)(C)CC2)n1. The van der Waals surface area contributed by atoms with E-state index >= 15 is 0 Å². The van der Waals surface area contributed by atoms with Gasteiger partial charge in [-0.2, -0.15) is 0 Å². The van der Waals surface area contributed by atoms with E-state index < -0.39 is 0 Å². The third kappa shape index (κ3) is 3.35. The van der Waals surface area contributed by atoms with E-state index in [1.54, 1.807) is 0 Å². The van der Waals surface area contributed by atoms with E-state index in [9.17, 15) is 0 Å². The number of aryl methyl sites for hydroxylation is 1. The monoisotopic (exact) mass is 267 g/mol. The molecule has 0 spiro atoms. The highest BCUT2D eigenvalue weighted by Gasteiger charge is 2.26. The predicted molar refractivity (Wildman–Crippen MR) is 76.3 cm³/mol. The van der Waals surface area contributed by atoms with Crippen molar-refractivity contribution in [3.8, 4) is 0 Å². The highest BCUT2D eigenvalue weighted by molar-refractivity contribution is 6.29. The molecular weight excluding hydrogens is 246 g/mol. The number of nitrogens with zero attached hydrogens (tertiary/aromatic N) is 3. The van der Waals surface area contributed by atoms with Crippen LogP contribution in [0.3, 0.4) is 0 Å². The quantitative estimate of drug-likeness (QED) is 0.782. The first-order valence-electron chi connectivity index (χ1n) is 6.78. The van der Waals surface area contributed by atoms with Crippen molar-refractivity contribution in [3.05, 3.63) is 17.0 Å². The number of aromatic nitrogens is 2. The van der Waals surface area contributed by atoms with Crippen LogP contribution in [-0.4, -0.2) is 23.1 Å². The van der Waals surface area contributed by atoms with Crippen molar-refractivity contribution in [2.75, 3.05) is 18.0 Å². The van der Waals surface area contributed by atoms with Crippen molar-refractivity contribution in [1.29, 1.82) is 0 Å². The molecule has 3 nitrogen and oxygen atoms in total. The Balaban J connectivity index is 2.13. The lowest BCUT2D eigenvalue weighted by atomic mass is 9.83. The van der Waals surface area contributed by atoms with E-state index in [2.05, 4.69) is 35.6 Å². The van der Waals surface area contributed by atoms with Crippen LogP contribution in [0.1, 0.15) is 45.9 Å². The maximum Gasteiger partial charge on any atom is 0.134 e. The minimum absolute atomic E-state index is 0.458. The van der Waals surface area contributed by atoms with Gasteiger partial charge in [-0.3, -0.25) is 0 Å². The van der Waals surface area contributed by atoms with Crippen LogP contribution in [0, 0.1) is 5.41 Å². The molecule has 1 aromatic heterocycles. The van der Waals surface area contributed by atoms with Gasteiger partial charge in [0.15, 0.2) is 0 Å². The fourth-order valence-electron chi connectivity index (χ4n) is 2.29. The molecule has 0 amide bonds. The third-order valence-corrected chi connectivity index (χ3v) is 3.84. The van der Waals surface area contributed by atoms with Crippen LogP contribution in [0.2, 0.25) is 5.15 Å². The molecule has 1 saturated heterocycles. The Morgan fingerprint density at radius 2 is 1.94 bits per heavy atom. The largest absolute Gasteiger partial charge is 0.356 e. The number of hydrogen-bond donors (Lipinski definition) is 0. The molecule has 1 aliphatic rings. The van der Waals surface area contributed by atoms with Gasteiger partial charge < -0.3 is 4.90 Å². The molecule has 0 aromatic carbocycles. The van der Waals surface area contributed by atoms with Crippen molar-refractivity contribution in [2.45, 2.75) is 46.5 Å². The van der Waals surface area contributed by atoms with Crippen LogP contribution in [0.4, 0.5) is 5.82 Å². The lowest BCUT2D eigenvalue weighted by Crippen LogP contribution is -2.37. The Hall–Kier alpha value is -0.830. The summed E-state index contributed by atoms with van der Waals surface area (Å²) in [7, 11) is 0. The Bertz CT molecular complexity index is 408. The molecule has 0 unspecified atom stereocenters. The molecule has 0 radical (unpaired) electrons. The van der Waals surface area contributed by atoms with Gasteiger partial charge in [0.1, 0.15) is 16.8 Å². The zero-order valence-corrected chi connectivity index (χ0v) is 12.3. The standard InChI is InChI=1S/C14H22ClN3/c1-4-5-12-16-11(15)10-13(17-12)18-8-6-14(2,3)7-9-18/h10H,4-9H2,1-3H3. The number of piperidine rings is 1. The fourth-order valence-corrected chi connectivity index (χ4v) is 2.49.